The number of ether oxygens (including phenoxy) is 1. The smallest absolute Gasteiger partial charge is 0.255 e. The number of halogens is 1. The fraction of sp³-hybridized carbons (Fsp3) is 0.0500. The minimum absolute atomic E-state index is 0.0468. The van der Waals surface area contributed by atoms with Crippen LogP contribution in [0.15, 0.2) is 72.8 Å². The Morgan fingerprint density at radius 2 is 1.62 bits per heavy atom. The molecule has 3 aromatic carbocycles. The molecular formula is C20H17ClN2O3. The molecule has 3 aromatic rings. The Kier molecular flexibility index (Phi) is 5.61. The van der Waals surface area contributed by atoms with Gasteiger partial charge in [0, 0.05) is 11.6 Å². The minimum atomic E-state index is -0.306. The van der Waals surface area contributed by atoms with Crippen LogP contribution < -0.4 is 15.4 Å². The molecule has 0 aliphatic heterocycles. The summed E-state index contributed by atoms with van der Waals surface area (Å²) in [7, 11) is 0. The van der Waals surface area contributed by atoms with Gasteiger partial charge in [-0.05, 0) is 30.3 Å². The van der Waals surface area contributed by atoms with E-state index in [0.29, 0.717) is 27.7 Å². The van der Waals surface area contributed by atoms with Gasteiger partial charge in [0.15, 0.2) is 6.73 Å². The monoisotopic (exact) mass is 368 g/mol. The summed E-state index contributed by atoms with van der Waals surface area (Å²) >= 11 is 6.22. The van der Waals surface area contributed by atoms with Crippen LogP contribution in [0.2, 0.25) is 5.02 Å². The Labute approximate surface area is 156 Å². The maximum absolute atomic E-state index is 12.2. The third-order valence-corrected chi connectivity index (χ3v) is 3.93. The van der Waals surface area contributed by atoms with Gasteiger partial charge in [-0.15, -0.1) is 0 Å². The van der Waals surface area contributed by atoms with Crippen LogP contribution in [0.4, 0.5) is 11.4 Å². The van der Waals surface area contributed by atoms with Gasteiger partial charge in [-0.25, -0.2) is 0 Å². The highest BCUT2D eigenvalue weighted by atomic mass is 35.5. The molecule has 0 atom stereocenters. The highest BCUT2D eigenvalue weighted by molar-refractivity contribution is 6.34. The third-order valence-electron chi connectivity index (χ3n) is 3.61. The largest absolute Gasteiger partial charge is 0.506 e. The number of phenols is 1. The number of para-hydroxylation sites is 1. The zero-order valence-corrected chi connectivity index (χ0v) is 14.5. The summed E-state index contributed by atoms with van der Waals surface area (Å²) in [6, 6.07) is 21.0. The fourth-order valence-electron chi connectivity index (χ4n) is 2.30. The molecule has 26 heavy (non-hydrogen) atoms. The molecule has 3 rings (SSSR count). The van der Waals surface area contributed by atoms with Crippen LogP contribution in [0.1, 0.15) is 10.4 Å². The molecule has 0 aliphatic rings. The van der Waals surface area contributed by atoms with Crippen molar-refractivity contribution in [2.24, 2.45) is 0 Å². The molecule has 0 radical (unpaired) electrons. The number of carbonyl (C=O) groups excluding carboxylic acids is 1. The van der Waals surface area contributed by atoms with Gasteiger partial charge in [-0.3, -0.25) is 4.79 Å². The molecule has 0 aliphatic carbocycles. The Balaban J connectivity index is 1.65. The molecule has 1 amide bonds. The maximum Gasteiger partial charge on any atom is 0.255 e. The predicted molar refractivity (Wildman–Crippen MR) is 103 cm³/mol. The van der Waals surface area contributed by atoms with E-state index >= 15 is 0 Å². The van der Waals surface area contributed by atoms with Gasteiger partial charge in [0.05, 0.1) is 16.4 Å². The van der Waals surface area contributed by atoms with Crippen molar-refractivity contribution < 1.29 is 14.6 Å². The topological polar surface area (TPSA) is 70.6 Å². The second-order valence-corrected chi connectivity index (χ2v) is 5.86. The van der Waals surface area contributed by atoms with Crippen LogP contribution in [0.25, 0.3) is 0 Å². The third kappa shape index (κ3) is 4.46. The van der Waals surface area contributed by atoms with E-state index in [1.807, 2.05) is 36.4 Å². The summed E-state index contributed by atoms with van der Waals surface area (Å²) in [6.07, 6.45) is 0. The lowest BCUT2D eigenvalue weighted by Crippen LogP contribution is -2.13. The molecule has 5 nitrogen and oxygen atoms in total. The van der Waals surface area contributed by atoms with Crippen molar-refractivity contribution in [1.82, 2.24) is 0 Å². The van der Waals surface area contributed by atoms with Crippen molar-refractivity contribution in [2.45, 2.75) is 0 Å². The average Bonchev–Trinajstić information content (AvgIpc) is 2.67. The zero-order chi connectivity index (χ0) is 18.4. The lowest BCUT2D eigenvalue weighted by atomic mass is 10.2. The van der Waals surface area contributed by atoms with Crippen LogP contribution in [-0.2, 0) is 0 Å². The van der Waals surface area contributed by atoms with E-state index in [1.54, 1.807) is 24.3 Å². The standard InChI is InChI=1S/C20H17ClN2O3/c21-16-11-18(22-13-26-15-9-5-2-6-10-15)19(24)12-17(16)23-20(25)14-7-3-1-4-8-14/h1-12,22,24H,13H2,(H,23,25). The summed E-state index contributed by atoms with van der Waals surface area (Å²) in [6.45, 7) is 0.156. The van der Waals surface area contributed by atoms with Crippen LogP contribution in [0, 0.1) is 0 Å². The first kappa shape index (κ1) is 17.6. The molecule has 0 unspecified atom stereocenters. The highest BCUT2D eigenvalue weighted by Gasteiger charge is 2.12. The van der Waals surface area contributed by atoms with Crippen LogP contribution in [-0.4, -0.2) is 17.7 Å². The van der Waals surface area contributed by atoms with Crippen molar-refractivity contribution in [3.05, 3.63) is 83.4 Å². The number of phenolic OH excluding ortho intramolecular Hbond substituents is 1. The van der Waals surface area contributed by atoms with Crippen molar-refractivity contribution in [2.75, 3.05) is 17.4 Å². The van der Waals surface area contributed by atoms with E-state index in [0.717, 1.165) is 0 Å². The van der Waals surface area contributed by atoms with Crippen LogP contribution >= 0.6 is 11.6 Å². The number of nitrogens with one attached hydrogen (secondary N) is 2. The van der Waals surface area contributed by atoms with Crippen molar-refractivity contribution >= 4 is 28.9 Å². The van der Waals surface area contributed by atoms with Gasteiger partial charge in [-0.2, -0.15) is 0 Å². The van der Waals surface area contributed by atoms with Gasteiger partial charge in [0.1, 0.15) is 11.5 Å². The molecule has 0 fully saturated rings. The Bertz CT molecular complexity index is 886. The zero-order valence-electron chi connectivity index (χ0n) is 13.8. The molecule has 6 heteroatoms. The predicted octanol–water partition coefficient (Wildman–Crippen LogP) is 4.75. The normalized spacial score (nSPS) is 10.2. The molecule has 0 saturated heterocycles. The van der Waals surface area contributed by atoms with E-state index in [1.165, 1.54) is 12.1 Å². The second-order valence-electron chi connectivity index (χ2n) is 5.45. The first-order valence-electron chi connectivity index (χ1n) is 7.94. The summed E-state index contributed by atoms with van der Waals surface area (Å²) in [5.41, 5.74) is 1.23. The average molecular weight is 369 g/mol. The number of rotatable bonds is 6. The van der Waals surface area contributed by atoms with E-state index < -0.39 is 0 Å². The fourth-order valence-corrected chi connectivity index (χ4v) is 2.51. The van der Waals surface area contributed by atoms with Crippen molar-refractivity contribution in [3.63, 3.8) is 0 Å². The lowest BCUT2D eigenvalue weighted by molar-refractivity contribution is 0.102. The number of benzene rings is 3. The molecule has 0 heterocycles. The summed E-state index contributed by atoms with van der Waals surface area (Å²) < 4.78 is 5.52. The molecule has 3 N–H and O–H groups in total. The Hall–Kier alpha value is -3.18. The number of amides is 1. The van der Waals surface area contributed by atoms with Gasteiger partial charge in [-0.1, -0.05) is 48.0 Å². The number of aromatic hydroxyl groups is 1. The Morgan fingerprint density at radius 3 is 2.31 bits per heavy atom. The van der Waals surface area contributed by atoms with Gasteiger partial charge >= 0.3 is 0 Å². The van der Waals surface area contributed by atoms with E-state index in [2.05, 4.69) is 10.6 Å². The molecular weight excluding hydrogens is 352 g/mol. The maximum atomic E-state index is 12.2. The summed E-state index contributed by atoms with van der Waals surface area (Å²) in [5, 5.41) is 16.1. The second kappa shape index (κ2) is 8.27. The SMILES string of the molecule is O=C(Nc1cc(O)c(NCOc2ccccc2)cc1Cl)c1ccccc1. The summed E-state index contributed by atoms with van der Waals surface area (Å²) in [5.74, 6) is 0.353. The first-order chi connectivity index (χ1) is 12.6. The van der Waals surface area contributed by atoms with E-state index in [-0.39, 0.29) is 18.4 Å². The number of hydrogen-bond donors (Lipinski definition) is 3. The number of carbonyl (C=O) groups is 1. The number of hydrogen-bond acceptors (Lipinski definition) is 4. The highest BCUT2D eigenvalue weighted by Crippen LogP contribution is 2.34. The van der Waals surface area contributed by atoms with Crippen LogP contribution in [0.5, 0.6) is 11.5 Å². The van der Waals surface area contributed by atoms with Crippen molar-refractivity contribution in [3.8, 4) is 11.5 Å². The Morgan fingerprint density at radius 1 is 0.962 bits per heavy atom. The van der Waals surface area contributed by atoms with E-state index in [4.69, 9.17) is 16.3 Å². The van der Waals surface area contributed by atoms with Gasteiger partial charge in [0.2, 0.25) is 0 Å². The molecule has 0 aromatic heterocycles. The lowest BCUT2D eigenvalue weighted by Gasteiger charge is -2.13. The quantitative estimate of drug-likeness (QED) is 0.434. The minimum Gasteiger partial charge on any atom is -0.506 e. The van der Waals surface area contributed by atoms with Crippen LogP contribution in [0.3, 0.4) is 0 Å². The number of anilines is 2. The molecule has 132 valence electrons. The van der Waals surface area contributed by atoms with E-state index in [9.17, 15) is 9.90 Å². The molecule has 0 saturated carbocycles. The summed E-state index contributed by atoms with van der Waals surface area (Å²) in [4.78, 5) is 12.2. The molecule has 0 bridgehead atoms. The van der Waals surface area contributed by atoms with Gasteiger partial charge < -0.3 is 20.5 Å². The van der Waals surface area contributed by atoms with Crippen molar-refractivity contribution in [1.29, 1.82) is 0 Å². The molecule has 0 spiro atoms. The first-order valence-corrected chi connectivity index (χ1v) is 8.32. The van der Waals surface area contributed by atoms with Gasteiger partial charge in [0.25, 0.3) is 5.91 Å².